The lowest BCUT2D eigenvalue weighted by Gasteiger charge is -2.05. The second kappa shape index (κ2) is 15.4. The fourth-order valence-electron chi connectivity index (χ4n) is 2.58. The lowest BCUT2D eigenvalue weighted by Crippen LogP contribution is -2.02. The molecule has 0 saturated carbocycles. The average molecular weight is 303 g/mol. The normalized spacial score (nSPS) is 12.6. The van der Waals surface area contributed by atoms with Crippen LogP contribution in [-0.4, -0.2) is 5.24 Å². The summed E-state index contributed by atoms with van der Waals surface area (Å²) in [4.78, 5) is 10.9. The van der Waals surface area contributed by atoms with Crippen LogP contribution in [0.1, 0.15) is 104 Å². The van der Waals surface area contributed by atoms with Crippen LogP contribution in [-0.2, 0) is 4.79 Å². The molecule has 0 aromatic heterocycles. The molecular weight excluding hydrogens is 268 g/mol. The minimum Gasteiger partial charge on any atom is -0.281 e. The maximum absolute atomic E-state index is 10.9. The molecule has 120 valence electrons. The molecule has 0 aliphatic carbocycles. The molecule has 0 aliphatic rings. The fourth-order valence-corrected chi connectivity index (χ4v) is 2.69. The third-order valence-electron chi connectivity index (χ3n) is 4.13. The summed E-state index contributed by atoms with van der Waals surface area (Å²) in [6.07, 6.45) is 18.7. The predicted molar refractivity (Wildman–Crippen MR) is 90.3 cm³/mol. The zero-order valence-electron chi connectivity index (χ0n) is 13.8. The van der Waals surface area contributed by atoms with Gasteiger partial charge in [0.25, 0.3) is 0 Å². The number of rotatable bonds is 15. The molecule has 0 radical (unpaired) electrons. The zero-order chi connectivity index (χ0) is 15.1. The van der Waals surface area contributed by atoms with Gasteiger partial charge in [-0.25, -0.2) is 0 Å². The van der Waals surface area contributed by atoms with Crippen molar-refractivity contribution in [3.8, 4) is 0 Å². The first kappa shape index (κ1) is 20.0. The van der Waals surface area contributed by atoms with Crippen LogP contribution in [0.5, 0.6) is 0 Å². The van der Waals surface area contributed by atoms with E-state index in [1.165, 1.54) is 77.0 Å². The number of hydrogen-bond acceptors (Lipinski definition) is 1. The molecule has 0 heterocycles. The lowest BCUT2D eigenvalue weighted by atomic mass is 10.0. The van der Waals surface area contributed by atoms with Crippen molar-refractivity contribution in [3.63, 3.8) is 0 Å². The lowest BCUT2D eigenvalue weighted by molar-refractivity contribution is -0.114. The largest absolute Gasteiger partial charge is 0.281 e. The van der Waals surface area contributed by atoms with Gasteiger partial charge in [0.15, 0.2) is 0 Å². The monoisotopic (exact) mass is 302 g/mol. The number of halogens is 1. The van der Waals surface area contributed by atoms with Gasteiger partial charge in [-0.3, -0.25) is 4.79 Å². The smallest absolute Gasteiger partial charge is 0.224 e. The van der Waals surface area contributed by atoms with Crippen molar-refractivity contribution >= 4 is 16.8 Å². The van der Waals surface area contributed by atoms with Crippen LogP contribution in [0.15, 0.2) is 0 Å². The molecule has 1 unspecified atom stereocenters. The summed E-state index contributed by atoms with van der Waals surface area (Å²) < 4.78 is 0. The molecule has 0 N–H and O–H groups in total. The van der Waals surface area contributed by atoms with E-state index in [9.17, 15) is 4.79 Å². The van der Waals surface area contributed by atoms with E-state index < -0.39 is 0 Å². The third kappa shape index (κ3) is 14.4. The quantitative estimate of drug-likeness (QED) is 0.238. The van der Waals surface area contributed by atoms with Crippen LogP contribution in [0.25, 0.3) is 0 Å². The van der Waals surface area contributed by atoms with E-state index in [0.717, 1.165) is 12.8 Å². The molecule has 20 heavy (non-hydrogen) atoms. The van der Waals surface area contributed by atoms with Gasteiger partial charge in [-0.05, 0) is 18.0 Å². The van der Waals surface area contributed by atoms with Crippen LogP contribution in [0, 0.1) is 5.92 Å². The minimum absolute atomic E-state index is 0.0457. The molecule has 0 bridgehead atoms. The summed E-state index contributed by atoms with van der Waals surface area (Å²) in [6.45, 7) is 4.20. The SMILES string of the molecule is CCCCCCCCCCCCCCCC(C)C(=O)Cl. The van der Waals surface area contributed by atoms with Gasteiger partial charge in [-0.1, -0.05) is 97.3 Å². The molecule has 1 nitrogen and oxygen atoms in total. The van der Waals surface area contributed by atoms with Gasteiger partial charge in [-0.15, -0.1) is 0 Å². The molecule has 1 atom stereocenters. The van der Waals surface area contributed by atoms with Gasteiger partial charge < -0.3 is 0 Å². The number of unbranched alkanes of at least 4 members (excludes halogenated alkanes) is 12. The summed E-state index contributed by atoms with van der Waals surface area (Å²) >= 11 is 5.44. The first-order chi connectivity index (χ1) is 9.68. The Labute approximate surface area is 131 Å². The van der Waals surface area contributed by atoms with Gasteiger partial charge in [0.2, 0.25) is 5.24 Å². The van der Waals surface area contributed by atoms with Crippen molar-refractivity contribution in [1.82, 2.24) is 0 Å². The van der Waals surface area contributed by atoms with Crippen LogP contribution >= 0.6 is 11.6 Å². The topological polar surface area (TPSA) is 17.1 Å². The van der Waals surface area contributed by atoms with Crippen molar-refractivity contribution in [2.75, 3.05) is 0 Å². The Morgan fingerprint density at radius 3 is 1.45 bits per heavy atom. The number of hydrogen-bond donors (Lipinski definition) is 0. The molecule has 0 spiro atoms. The maximum Gasteiger partial charge on any atom is 0.224 e. The van der Waals surface area contributed by atoms with E-state index in [4.69, 9.17) is 11.6 Å². The van der Waals surface area contributed by atoms with Crippen molar-refractivity contribution in [1.29, 1.82) is 0 Å². The van der Waals surface area contributed by atoms with Gasteiger partial charge in [0.05, 0.1) is 0 Å². The minimum atomic E-state index is -0.177. The van der Waals surface area contributed by atoms with Gasteiger partial charge in [-0.2, -0.15) is 0 Å². The first-order valence-electron chi connectivity index (χ1n) is 8.87. The van der Waals surface area contributed by atoms with E-state index in [2.05, 4.69) is 6.92 Å². The van der Waals surface area contributed by atoms with Gasteiger partial charge in [0.1, 0.15) is 0 Å². The number of carbonyl (C=O) groups is 1. The Kier molecular flexibility index (Phi) is 15.3. The van der Waals surface area contributed by atoms with E-state index in [1.807, 2.05) is 6.92 Å². The standard InChI is InChI=1S/C18H35ClO/c1-3-4-5-6-7-8-9-10-11-12-13-14-15-16-17(2)18(19)20/h17H,3-16H2,1-2H3. The average Bonchev–Trinajstić information content (AvgIpc) is 2.43. The predicted octanol–water partition coefficient (Wildman–Crippen LogP) is 6.87. The van der Waals surface area contributed by atoms with E-state index in [-0.39, 0.29) is 11.2 Å². The second-order valence-corrected chi connectivity index (χ2v) is 6.61. The van der Waals surface area contributed by atoms with Gasteiger partial charge >= 0.3 is 0 Å². The highest BCUT2D eigenvalue weighted by molar-refractivity contribution is 6.63. The van der Waals surface area contributed by atoms with Crippen LogP contribution < -0.4 is 0 Å². The molecule has 0 fully saturated rings. The van der Waals surface area contributed by atoms with E-state index in [1.54, 1.807) is 0 Å². The summed E-state index contributed by atoms with van der Waals surface area (Å²) in [6, 6.07) is 0. The first-order valence-corrected chi connectivity index (χ1v) is 9.25. The Morgan fingerprint density at radius 1 is 0.750 bits per heavy atom. The molecule has 0 aromatic carbocycles. The summed E-state index contributed by atoms with van der Waals surface area (Å²) in [5.41, 5.74) is 0. The summed E-state index contributed by atoms with van der Waals surface area (Å²) in [7, 11) is 0. The number of carbonyl (C=O) groups excluding carboxylic acids is 1. The Morgan fingerprint density at radius 2 is 1.10 bits per heavy atom. The Balaban J connectivity index is 3.04. The molecular formula is C18H35ClO. The highest BCUT2D eigenvalue weighted by Gasteiger charge is 2.08. The van der Waals surface area contributed by atoms with E-state index in [0.29, 0.717) is 0 Å². The van der Waals surface area contributed by atoms with Crippen molar-refractivity contribution in [2.24, 2.45) is 5.92 Å². The zero-order valence-corrected chi connectivity index (χ0v) is 14.5. The third-order valence-corrected chi connectivity index (χ3v) is 4.50. The summed E-state index contributed by atoms with van der Waals surface area (Å²) in [5, 5.41) is -0.177. The van der Waals surface area contributed by atoms with Crippen molar-refractivity contribution in [3.05, 3.63) is 0 Å². The van der Waals surface area contributed by atoms with Gasteiger partial charge in [0, 0.05) is 5.92 Å². The van der Waals surface area contributed by atoms with Crippen molar-refractivity contribution in [2.45, 2.75) is 104 Å². The molecule has 0 saturated heterocycles. The molecule has 2 heteroatoms. The molecule has 0 aromatic rings. The maximum atomic E-state index is 10.9. The Bertz CT molecular complexity index is 215. The fraction of sp³-hybridized carbons (Fsp3) is 0.944. The van der Waals surface area contributed by atoms with E-state index >= 15 is 0 Å². The van der Waals surface area contributed by atoms with Crippen molar-refractivity contribution < 1.29 is 4.79 Å². The highest BCUT2D eigenvalue weighted by Crippen LogP contribution is 2.15. The second-order valence-electron chi connectivity index (χ2n) is 6.24. The Hall–Kier alpha value is -0.0400. The molecule has 0 aliphatic heterocycles. The summed E-state index contributed by atoms with van der Waals surface area (Å²) in [5.74, 6) is 0.0457. The molecule has 0 rings (SSSR count). The van der Waals surface area contributed by atoms with Crippen LogP contribution in [0.4, 0.5) is 0 Å². The molecule has 0 amide bonds. The van der Waals surface area contributed by atoms with Crippen LogP contribution in [0.2, 0.25) is 0 Å². The van der Waals surface area contributed by atoms with Crippen LogP contribution in [0.3, 0.4) is 0 Å². The highest BCUT2D eigenvalue weighted by atomic mass is 35.5.